The molecule has 1 aliphatic carbocycles. The van der Waals surface area contributed by atoms with E-state index in [9.17, 15) is 0 Å². The molecule has 6 rings (SSSR count). The van der Waals surface area contributed by atoms with Crippen LogP contribution in [0.4, 0.5) is 0 Å². The van der Waals surface area contributed by atoms with Crippen molar-refractivity contribution in [3.63, 3.8) is 0 Å². The molecule has 106 valence electrons. The first-order valence-electron chi connectivity index (χ1n) is 7.95. The van der Waals surface area contributed by atoms with Crippen molar-refractivity contribution in [1.82, 2.24) is 4.98 Å². The molecule has 23 heavy (non-hydrogen) atoms. The molecule has 3 heterocycles. The van der Waals surface area contributed by atoms with Gasteiger partial charge in [0.25, 0.3) is 0 Å². The van der Waals surface area contributed by atoms with Crippen LogP contribution in [0.3, 0.4) is 0 Å². The summed E-state index contributed by atoms with van der Waals surface area (Å²) in [5.74, 6) is 0. The Hall–Kier alpha value is -3.00. The summed E-state index contributed by atoms with van der Waals surface area (Å²) >= 11 is 0. The number of pyridine rings is 2. The molecule has 1 atom stereocenters. The number of nitrogens with zero attached hydrogens (tertiary/aromatic N) is 2. The third kappa shape index (κ3) is 1.26. The predicted octanol–water partition coefficient (Wildman–Crippen LogP) is 4.12. The Bertz CT molecular complexity index is 1120. The van der Waals surface area contributed by atoms with Gasteiger partial charge in [-0.25, -0.2) is 0 Å². The Morgan fingerprint density at radius 1 is 0.783 bits per heavy atom. The van der Waals surface area contributed by atoms with Crippen molar-refractivity contribution < 1.29 is 4.57 Å². The third-order valence-electron chi connectivity index (χ3n) is 5.19. The van der Waals surface area contributed by atoms with Gasteiger partial charge in [0.05, 0.1) is 16.8 Å². The number of hydrogen-bond acceptors (Lipinski definition) is 1. The summed E-state index contributed by atoms with van der Waals surface area (Å²) < 4.78 is 2.42. The predicted molar refractivity (Wildman–Crippen MR) is 90.1 cm³/mol. The van der Waals surface area contributed by atoms with Crippen molar-refractivity contribution in [2.45, 2.75) is 6.04 Å². The van der Waals surface area contributed by atoms with Gasteiger partial charge in [-0.1, -0.05) is 30.3 Å². The van der Waals surface area contributed by atoms with Crippen LogP contribution in [0, 0.1) is 0 Å². The molecule has 0 saturated carbocycles. The van der Waals surface area contributed by atoms with E-state index in [0.717, 1.165) is 5.69 Å². The van der Waals surface area contributed by atoms with Crippen LogP contribution in [-0.4, -0.2) is 4.98 Å². The Balaban J connectivity index is 1.89. The first-order chi connectivity index (χ1) is 11.4. The van der Waals surface area contributed by atoms with Crippen molar-refractivity contribution in [2.24, 2.45) is 0 Å². The molecular formula is C21H13N2+. The summed E-state index contributed by atoms with van der Waals surface area (Å²) in [6, 6.07) is 22.0. The fourth-order valence-corrected chi connectivity index (χ4v) is 4.33. The first-order valence-corrected chi connectivity index (χ1v) is 7.95. The van der Waals surface area contributed by atoms with Crippen molar-refractivity contribution in [3.8, 4) is 22.4 Å². The minimum absolute atomic E-state index is 0.239. The van der Waals surface area contributed by atoms with Gasteiger partial charge in [0.2, 0.25) is 11.6 Å². The number of hydrogen-bond donors (Lipinski definition) is 0. The highest BCUT2D eigenvalue weighted by atomic mass is 15.0. The monoisotopic (exact) mass is 293 g/mol. The zero-order chi connectivity index (χ0) is 15.0. The van der Waals surface area contributed by atoms with E-state index in [2.05, 4.69) is 71.4 Å². The Morgan fingerprint density at radius 3 is 2.65 bits per heavy atom. The Labute approximate surface area is 133 Å². The topological polar surface area (TPSA) is 16.8 Å². The van der Waals surface area contributed by atoms with Gasteiger partial charge in [-0.2, -0.15) is 4.57 Å². The van der Waals surface area contributed by atoms with E-state index in [0.29, 0.717) is 0 Å². The summed E-state index contributed by atoms with van der Waals surface area (Å²) in [5, 5.41) is 1.27. The molecule has 1 unspecified atom stereocenters. The summed E-state index contributed by atoms with van der Waals surface area (Å²) in [7, 11) is 0. The zero-order valence-electron chi connectivity index (χ0n) is 12.4. The standard InChI is InChI=1S/C21H13N2/c1-2-8-16-14(7-1)15-10-11-22-19-17-9-3-5-13-6-4-12-23(20(13)17)21(16)18(15)19/h1-12,21H/q+1. The number of para-hydroxylation sites is 1. The summed E-state index contributed by atoms with van der Waals surface area (Å²) in [4.78, 5) is 4.76. The van der Waals surface area contributed by atoms with Crippen molar-refractivity contribution in [3.05, 3.63) is 84.2 Å². The molecule has 0 N–H and O–H groups in total. The van der Waals surface area contributed by atoms with Gasteiger partial charge in [-0.15, -0.1) is 0 Å². The van der Waals surface area contributed by atoms with E-state index in [4.69, 9.17) is 4.98 Å². The maximum Gasteiger partial charge on any atom is 0.222 e. The van der Waals surface area contributed by atoms with E-state index in [-0.39, 0.29) is 6.04 Å². The normalized spacial score (nSPS) is 16.3. The van der Waals surface area contributed by atoms with Gasteiger partial charge in [0.15, 0.2) is 6.20 Å². The molecule has 2 aliphatic rings. The maximum atomic E-state index is 4.76. The molecule has 0 amide bonds. The lowest BCUT2D eigenvalue weighted by atomic mass is 9.92. The molecule has 1 aliphatic heterocycles. The molecule has 0 saturated heterocycles. The molecule has 2 aromatic carbocycles. The highest BCUT2D eigenvalue weighted by molar-refractivity contribution is 5.95. The SMILES string of the molecule is c1ccc2c(c1)-c1ccnc3c1C2[n+]1cccc2cccc-3c21. The number of fused-ring (bicyclic) bond motifs is 5. The lowest BCUT2D eigenvalue weighted by Crippen LogP contribution is -2.42. The fourth-order valence-electron chi connectivity index (χ4n) is 4.33. The Kier molecular flexibility index (Phi) is 1.93. The molecule has 2 nitrogen and oxygen atoms in total. The lowest BCUT2D eigenvalue weighted by Gasteiger charge is -2.20. The quantitative estimate of drug-likeness (QED) is 0.385. The van der Waals surface area contributed by atoms with Gasteiger partial charge in [0, 0.05) is 23.2 Å². The van der Waals surface area contributed by atoms with Crippen LogP contribution in [0.15, 0.2) is 73.1 Å². The van der Waals surface area contributed by atoms with E-state index < -0.39 is 0 Å². The molecule has 0 spiro atoms. The van der Waals surface area contributed by atoms with Crippen LogP contribution in [0.25, 0.3) is 33.3 Å². The van der Waals surface area contributed by atoms with Gasteiger partial charge >= 0.3 is 0 Å². The van der Waals surface area contributed by atoms with Gasteiger partial charge in [0.1, 0.15) is 0 Å². The van der Waals surface area contributed by atoms with Crippen LogP contribution in [0.5, 0.6) is 0 Å². The van der Waals surface area contributed by atoms with Gasteiger partial charge in [-0.3, -0.25) is 4.98 Å². The van der Waals surface area contributed by atoms with Gasteiger partial charge in [-0.05, 0) is 35.4 Å². The molecule has 4 aromatic rings. The second-order valence-electron chi connectivity index (χ2n) is 6.27. The smallest absolute Gasteiger partial charge is 0.222 e. The van der Waals surface area contributed by atoms with Crippen LogP contribution >= 0.6 is 0 Å². The van der Waals surface area contributed by atoms with Crippen molar-refractivity contribution >= 4 is 10.9 Å². The number of rotatable bonds is 0. The second kappa shape index (κ2) is 3.85. The number of benzene rings is 2. The van der Waals surface area contributed by atoms with E-state index in [1.54, 1.807) is 0 Å². The summed E-state index contributed by atoms with van der Waals surface area (Å²) in [6.45, 7) is 0. The van der Waals surface area contributed by atoms with Crippen molar-refractivity contribution in [1.29, 1.82) is 0 Å². The lowest BCUT2D eigenvalue weighted by molar-refractivity contribution is -0.679. The molecule has 2 aromatic heterocycles. The van der Waals surface area contributed by atoms with E-state index in [1.807, 2.05) is 6.20 Å². The van der Waals surface area contributed by atoms with Crippen LogP contribution in [0.2, 0.25) is 0 Å². The van der Waals surface area contributed by atoms with Crippen LogP contribution < -0.4 is 4.57 Å². The minimum Gasteiger partial charge on any atom is -0.255 e. The second-order valence-corrected chi connectivity index (χ2v) is 6.27. The average molecular weight is 293 g/mol. The summed E-state index contributed by atoms with van der Waals surface area (Å²) in [6.07, 6.45) is 4.16. The zero-order valence-corrected chi connectivity index (χ0v) is 12.4. The average Bonchev–Trinajstić information content (AvgIpc) is 2.95. The Morgan fingerprint density at radius 2 is 1.65 bits per heavy atom. The maximum absolute atomic E-state index is 4.76. The van der Waals surface area contributed by atoms with Crippen LogP contribution in [0.1, 0.15) is 17.2 Å². The minimum atomic E-state index is 0.239. The number of aromatic nitrogens is 2. The first kappa shape index (κ1) is 11.6. The molecule has 0 fully saturated rings. The highest BCUT2D eigenvalue weighted by Crippen LogP contribution is 2.49. The molecule has 2 heteroatoms. The van der Waals surface area contributed by atoms with Crippen LogP contribution in [-0.2, 0) is 0 Å². The molecule has 0 radical (unpaired) electrons. The highest BCUT2D eigenvalue weighted by Gasteiger charge is 2.42. The van der Waals surface area contributed by atoms with E-state index in [1.165, 1.54) is 38.7 Å². The fraction of sp³-hybridized carbons (Fsp3) is 0.0476. The largest absolute Gasteiger partial charge is 0.255 e. The van der Waals surface area contributed by atoms with Gasteiger partial charge < -0.3 is 0 Å². The summed E-state index contributed by atoms with van der Waals surface area (Å²) in [5.41, 5.74) is 9.06. The van der Waals surface area contributed by atoms with E-state index >= 15 is 0 Å². The van der Waals surface area contributed by atoms with Crippen molar-refractivity contribution in [2.75, 3.05) is 0 Å². The molecule has 0 bridgehead atoms. The third-order valence-corrected chi connectivity index (χ3v) is 5.19. The molecular weight excluding hydrogens is 280 g/mol.